The number of pyridine rings is 1. The van der Waals surface area contributed by atoms with Crippen LogP contribution in [0.4, 0.5) is 0 Å². The van der Waals surface area contributed by atoms with Crippen molar-refractivity contribution in [1.29, 1.82) is 0 Å². The van der Waals surface area contributed by atoms with Gasteiger partial charge in [0.25, 0.3) is 5.69 Å². The second kappa shape index (κ2) is 5.66. The molecule has 0 unspecified atom stereocenters. The van der Waals surface area contributed by atoms with E-state index in [4.69, 9.17) is 4.74 Å². The largest absolute Gasteiger partial charge is 0.466 e. The number of nitrogens with one attached hydrogen (secondary N) is 1. The Morgan fingerprint density at radius 2 is 2.08 bits per heavy atom. The molecule has 1 aliphatic heterocycles. The number of fused-ring (bicyclic) bond motifs is 8. The van der Waals surface area contributed by atoms with Crippen molar-refractivity contribution in [1.82, 2.24) is 4.98 Å². The maximum atomic E-state index is 13.4. The topological polar surface area (TPSA) is 63.0 Å². The number of H-pyrrole nitrogens is 1. The number of ether oxygens (including phenoxy) is 1. The van der Waals surface area contributed by atoms with Crippen LogP contribution in [-0.4, -0.2) is 23.3 Å². The molecule has 3 heterocycles. The minimum Gasteiger partial charge on any atom is -0.466 e. The molecule has 3 atom stereocenters. The van der Waals surface area contributed by atoms with Crippen molar-refractivity contribution in [3.63, 3.8) is 0 Å². The summed E-state index contributed by atoms with van der Waals surface area (Å²) in [5.41, 5.74) is 2.77. The minimum atomic E-state index is -0.275. The normalized spacial score (nSPS) is 24.7. The smallest absolute Gasteiger partial charge is 0.302 e. The molecule has 2 aromatic heterocycles. The molecule has 26 heavy (non-hydrogen) atoms. The van der Waals surface area contributed by atoms with Crippen molar-refractivity contribution in [2.24, 2.45) is 11.8 Å². The molecule has 2 bridgehead atoms. The summed E-state index contributed by atoms with van der Waals surface area (Å²) in [6.07, 6.45) is 4.85. The van der Waals surface area contributed by atoms with E-state index in [1.54, 1.807) is 0 Å². The Kier molecular flexibility index (Phi) is 3.39. The molecule has 1 aromatic carbocycles. The number of aromatic nitrogens is 2. The van der Waals surface area contributed by atoms with Gasteiger partial charge in [-0.05, 0) is 12.5 Å². The average Bonchev–Trinajstić information content (AvgIpc) is 3.03. The number of rotatable bonds is 2. The molecule has 1 aliphatic carbocycles. The van der Waals surface area contributed by atoms with Gasteiger partial charge < -0.3 is 9.72 Å². The number of carbonyl (C=O) groups is 2. The fourth-order valence-electron chi connectivity index (χ4n) is 4.82. The van der Waals surface area contributed by atoms with Crippen molar-refractivity contribution in [2.75, 3.05) is 6.61 Å². The van der Waals surface area contributed by atoms with Crippen LogP contribution in [0.25, 0.3) is 21.8 Å². The lowest BCUT2D eigenvalue weighted by Gasteiger charge is -2.35. The molecule has 132 valence electrons. The fourth-order valence-corrected chi connectivity index (χ4v) is 4.82. The lowest BCUT2D eigenvalue weighted by Crippen LogP contribution is -2.55. The summed E-state index contributed by atoms with van der Waals surface area (Å²) in [5.74, 6) is -0.0421. The Hall–Kier alpha value is -2.69. The van der Waals surface area contributed by atoms with Gasteiger partial charge in [0, 0.05) is 54.0 Å². The minimum absolute atomic E-state index is 0.0647. The Balaban J connectivity index is 1.64. The van der Waals surface area contributed by atoms with Gasteiger partial charge in [0.1, 0.15) is 5.52 Å². The van der Waals surface area contributed by atoms with E-state index in [1.807, 2.05) is 18.2 Å². The number of benzene rings is 1. The molecule has 3 aromatic rings. The standard InChI is InChI=1S/C21H20N2O3/c1-12(24)26-11-13-6-7-14-10-17(13)21(25)20-19-16(8-9-23(14)20)15-4-2-3-5-18(15)22-19/h2-5,8-9,13-14,17H,6-7,10-11H2,1H3/p+1/t13-,14-,17-/m1/s1. The summed E-state index contributed by atoms with van der Waals surface area (Å²) >= 11 is 0. The second-order valence-corrected chi connectivity index (χ2v) is 7.53. The Morgan fingerprint density at radius 1 is 1.23 bits per heavy atom. The van der Waals surface area contributed by atoms with Crippen LogP contribution < -0.4 is 4.57 Å². The number of hydrogen-bond acceptors (Lipinski definition) is 3. The molecular formula is C21H21N2O3+. The molecule has 0 amide bonds. The van der Waals surface area contributed by atoms with Crippen LogP contribution in [0, 0.1) is 11.8 Å². The van der Waals surface area contributed by atoms with Crippen LogP contribution in [0.15, 0.2) is 36.5 Å². The molecule has 0 spiro atoms. The molecule has 5 nitrogen and oxygen atoms in total. The van der Waals surface area contributed by atoms with Gasteiger partial charge in [0.2, 0.25) is 5.78 Å². The van der Waals surface area contributed by atoms with E-state index in [0.29, 0.717) is 12.6 Å². The van der Waals surface area contributed by atoms with Crippen molar-refractivity contribution in [3.8, 4) is 0 Å². The highest BCUT2D eigenvalue weighted by Gasteiger charge is 2.48. The fraction of sp³-hybridized carbons (Fsp3) is 0.381. The molecular weight excluding hydrogens is 328 g/mol. The lowest BCUT2D eigenvalue weighted by molar-refractivity contribution is -0.731. The Bertz CT molecular complexity index is 1050. The number of aromatic amines is 1. The first-order valence-electron chi connectivity index (χ1n) is 9.25. The first-order chi connectivity index (χ1) is 12.6. The molecule has 0 saturated heterocycles. The quantitative estimate of drug-likeness (QED) is 0.570. The van der Waals surface area contributed by atoms with Crippen LogP contribution in [0.1, 0.15) is 42.7 Å². The van der Waals surface area contributed by atoms with Crippen molar-refractivity contribution >= 4 is 33.6 Å². The second-order valence-electron chi connectivity index (χ2n) is 7.53. The summed E-state index contributed by atoms with van der Waals surface area (Å²) in [7, 11) is 0. The summed E-state index contributed by atoms with van der Waals surface area (Å²) in [4.78, 5) is 28.1. The van der Waals surface area contributed by atoms with Gasteiger partial charge in [0.05, 0.1) is 6.61 Å². The van der Waals surface area contributed by atoms with Crippen molar-refractivity contribution in [3.05, 3.63) is 42.2 Å². The van der Waals surface area contributed by atoms with Crippen LogP contribution in [0.3, 0.4) is 0 Å². The van der Waals surface area contributed by atoms with E-state index >= 15 is 0 Å². The number of carbonyl (C=O) groups excluding carboxylic acids is 2. The zero-order valence-corrected chi connectivity index (χ0v) is 14.7. The number of ketones is 1. The van der Waals surface area contributed by atoms with Gasteiger partial charge in [-0.15, -0.1) is 0 Å². The first kappa shape index (κ1) is 15.6. The Labute approximate surface area is 151 Å². The van der Waals surface area contributed by atoms with Crippen LogP contribution in [0.2, 0.25) is 0 Å². The highest BCUT2D eigenvalue weighted by molar-refractivity contribution is 6.14. The highest BCUT2D eigenvalue weighted by Crippen LogP contribution is 2.41. The SMILES string of the molecule is CC(=O)OC[C@H]1CC[C@@H]2C[C@H]1C(=O)c1c3[nH]c4ccccc4c3cc[n+]12. The van der Waals surface area contributed by atoms with Crippen molar-refractivity contribution in [2.45, 2.75) is 32.2 Å². The average molecular weight is 349 g/mol. The van der Waals surface area contributed by atoms with Gasteiger partial charge >= 0.3 is 5.97 Å². The monoisotopic (exact) mass is 349 g/mol. The van der Waals surface area contributed by atoms with Crippen LogP contribution in [-0.2, 0) is 9.53 Å². The Morgan fingerprint density at radius 3 is 2.92 bits per heavy atom. The summed E-state index contributed by atoms with van der Waals surface area (Å²) in [6.45, 7) is 1.77. The van der Waals surface area contributed by atoms with Crippen LogP contribution >= 0.6 is 0 Å². The summed E-state index contributed by atoms with van der Waals surface area (Å²) in [5, 5.41) is 2.24. The maximum absolute atomic E-state index is 13.4. The third-order valence-electron chi connectivity index (χ3n) is 6.07. The van der Waals surface area contributed by atoms with E-state index in [0.717, 1.165) is 46.8 Å². The first-order valence-corrected chi connectivity index (χ1v) is 9.25. The predicted octanol–water partition coefficient (Wildman–Crippen LogP) is 3.33. The van der Waals surface area contributed by atoms with E-state index < -0.39 is 0 Å². The zero-order valence-electron chi connectivity index (χ0n) is 14.7. The van der Waals surface area contributed by atoms with Gasteiger partial charge in [-0.3, -0.25) is 9.59 Å². The predicted molar refractivity (Wildman–Crippen MR) is 96.8 cm³/mol. The number of hydrogen-bond donors (Lipinski definition) is 1. The summed E-state index contributed by atoms with van der Waals surface area (Å²) in [6, 6.07) is 10.6. The van der Waals surface area contributed by atoms with E-state index in [9.17, 15) is 9.59 Å². The number of Topliss-reactive ketones (excluding diaryl/α,β-unsaturated/α-hetero) is 1. The van der Waals surface area contributed by atoms with Gasteiger partial charge in [0.15, 0.2) is 12.2 Å². The highest BCUT2D eigenvalue weighted by atomic mass is 16.5. The van der Waals surface area contributed by atoms with Crippen molar-refractivity contribution < 1.29 is 18.9 Å². The molecule has 1 saturated carbocycles. The van der Waals surface area contributed by atoms with Gasteiger partial charge in [-0.2, -0.15) is 4.57 Å². The molecule has 2 aliphatic rings. The van der Waals surface area contributed by atoms with Crippen LogP contribution in [0.5, 0.6) is 0 Å². The van der Waals surface area contributed by atoms with Gasteiger partial charge in [-0.1, -0.05) is 18.2 Å². The van der Waals surface area contributed by atoms with E-state index in [2.05, 4.69) is 27.9 Å². The molecule has 5 heteroatoms. The molecule has 1 fully saturated rings. The van der Waals surface area contributed by atoms with Gasteiger partial charge in [-0.25, -0.2) is 0 Å². The molecule has 1 N–H and O–H groups in total. The number of para-hydroxylation sites is 1. The maximum Gasteiger partial charge on any atom is 0.302 e. The van der Waals surface area contributed by atoms with E-state index in [-0.39, 0.29) is 23.6 Å². The molecule has 5 rings (SSSR count). The number of nitrogens with zero attached hydrogens (tertiary/aromatic N) is 1. The summed E-state index contributed by atoms with van der Waals surface area (Å²) < 4.78 is 7.40. The lowest BCUT2D eigenvalue weighted by atomic mass is 9.71. The number of esters is 1. The van der Waals surface area contributed by atoms with E-state index in [1.165, 1.54) is 6.92 Å². The molecule has 0 radical (unpaired) electrons. The third kappa shape index (κ3) is 2.19. The zero-order chi connectivity index (χ0) is 17.8. The third-order valence-corrected chi connectivity index (χ3v) is 6.07.